The number of aliphatic hydroxyl groups excluding tert-OH is 1. The second kappa shape index (κ2) is 7.12. The quantitative estimate of drug-likeness (QED) is 0.899. The molecule has 1 aliphatic carbocycles. The van der Waals surface area contributed by atoms with Gasteiger partial charge < -0.3 is 10.0 Å². The highest BCUT2D eigenvalue weighted by atomic mass is 16.3. The predicted molar refractivity (Wildman–Crippen MR) is 100 cm³/mol. The molecule has 0 fully saturated rings. The van der Waals surface area contributed by atoms with Crippen molar-refractivity contribution in [1.29, 1.82) is 0 Å². The van der Waals surface area contributed by atoms with Gasteiger partial charge in [-0.1, -0.05) is 30.3 Å². The van der Waals surface area contributed by atoms with Crippen LogP contribution in [0.4, 0.5) is 0 Å². The van der Waals surface area contributed by atoms with Crippen LogP contribution in [0.5, 0.6) is 0 Å². The van der Waals surface area contributed by atoms with Crippen molar-refractivity contribution in [3.05, 3.63) is 58.4 Å². The van der Waals surface area contributed by atoms with Crippen molar-refractivity contribution in [2.24, 2.45) is 7.05 Å². The number of carbonyl (C=O) groups is 2. The molecular formula is C21H23N3O3. The van der Waals surface area contributed by atoms with Gasteiger partial charge in [-0.15, -0.1) is 0 Å². The zero-order valence-corrected chi connectivity index (χ0v) is 15.4. The van der Waals surface area contributed by atoms with E-state index in [0.717, 1.165) is 22.4 Å². The van der Waals surface area contributed by atoms with Crippen molar-refractivity contribution in [2.45, 2.75) is 38.8 Å². The van der Waals surface area contributed by atoms with E-state index in [0.29, 0.717) is 43.6 Å². The molecule has 1 amide bonds. The summed E-state index contributed by atoms with van der Waals surface area (Å²) in [6.07, 6.45) is 2.04. The first-order valence-corrected chi connectivity index (χ1v) is 9.31. The monoisotopic (exact) mass is 365 g/mol. The van der Waals surface area contributed by atoms with Crippen LogP contribution in [0, 0.1) is 0 Å². The first-order valence-electron chi connectivity index (χ1n) is 9.31. The number of nitrogens with zero attached hydrogens (tertiary/aromatic N) is 3. The van der Waals surface area contributed by atoms with Crippen LogP contribution >= 0.6 is 0 Å². The highest BCUT2D eigenvalue weighted by molar-refractivity contribution is 6.10. The van der Waals surface area contributed by atoms with Gasteiger partial charge in [0.1, 0.15) is 0 Å². The Balaban J connectivity index is 1.56. The molecular weight excluding hydrogens is 342 g/mol. The number of hydrogen-bond donors (Lipinski definition) is 1. The van der Waals surface area contributed by atoms with E-state index in [2.05, 4.69) is 5.10 Å². The lowest BCUT2D eigenvalue weighted by Crippen LogP contribution is -2.36. The number of benzene rings is 1. The van der Waals surface area contributed by atoms with Crippen molar-refractivity contribution < 1.29 is 14.7 Å². The summed E-state index contributed by atoms with van der Waals surface area (Å²) in [6, 6.07) is 9.85. The number of ketones is 1. The van der Waals surface area contributed by atoms with Gasteiger partial charge in [-0.25, -0.2) is 0 Å². The van der Waals surface area contributed by atoms with Gasteiger partial charge in [0.05, 0.1) is 18.7 Å². The second-order valence-corrected chi connectivity index (χ2v) is 7.14. The smallest absolute Gasteiger partial charge is 0.227 e. The summed E-state index contributed by atoms with van der Waals surface area (Å²) in [5, 5.41) is 13.9. The van der Waals surface area contributed by atoms with Crippen molar-refractivity contribution in [3.8, 4) is 0 Å². The van der Waals surface area contributed by atoms with E-state index in [1.165, 1.54) is 0 Å². The average molecular weight is 365 g/mol. The Kier molecular flexibility index (Phi) is 4.66. The normalized spacial score (nSPS) is 16.8. The molecule has 0 unspecified atom stereocenters. The maximum absolute atomic E-state index is 12.9. The molecule has 2 aromatic rings. The van der Waals surface area contributed by atoms with E-state index in [-0.39, 0.29) is 24.7 Å². The lowest BCUT2D eigenvalue weighted by Gasteiger charge is -2.28. The Bertz CT molecular complexity index is 928. The summed E-state index contributed by atoms with van der Waals surface area (Å²) < 4.78 is 1.79. The van der Waals surface area contributed by atoms with Crippen LogP contribution in [0.25, 0.3) is 5.57 Å². The van der Waals surface area contributed by atoms with Crippen molar-refractivity contribution >= 4 is 17.3 Å². The van der Waals surface area contributed by atoms with Crippen LogP contribution in [0.15, 0.2) is 35.9 Å². The Morgan fingerprint density at radius 3 is 2.70 bits per heavy atom. The summed E-state index contributed by atoms with van der Waals surface area (Å²) in [7, 11) is 1.86. The minimum Gasteiger partial charge on any atom is -0.390 e. The number of allylic oxidation sites excluding steroid dienone is 1. The van der Waals surface area contributed by atoms with Crippen molar-refractivity contribution in [3.63, 3.8) is 0 Å². The van der Waals surface area contributed by atoms with Gasteiger partial charge in [0.25, 0.3) is 0 Å². The van der Waals surface area contributed by atoms with Gasteiger partial charge in [0.2, 0.25) is 5.91 Å². The molecule has 6 heteroatoms. The Morgan fingerprint density at radius 2 is 1.96 bits per heavy atom. The molecule has 0 radical (unpaired) electrons. The van der Waals surface area contributed by atoms with E-state index in [4.69, 9.17) is 0 Å². The third kappa shape index (κ3) is 3.21. The first kappa shape index (κ1) is 17.7. The molecule has 1 N–H and O–H groups in total. The topological polar surface area (TPSA) is 75.4 Å². The molecule has 2 heterocycles. The van der Waals surface area contributed by atoms with Crippen LogP contribution < -0.4 is 0 Å². The van der Waals surface area contributed by atoms with Gasteiger partial charge in [0, 0.05) is 49.8 Å². The maximum Gasteiger partial charge on any atom is 0.227 e. The zero-order valence-electron chi connectivity index (χ0n) is 15.4. The van der Waals surface area contributed by atoms with Crippen LogP contribution in [0.2, 0.25) is 0 Å². The molecule has 140 valence electrons. The van der Waals surface area contributed by atoms with Gasteiger partial charge in [0.15, 0.2) is 5.78 Å². The van der Waals surface area contributed by atoms with Gasteiger partial charge >= 0.3 is 0 Å². The Labute approximate surface area is 158 Å². The van der Waals surface area contributed by atoms with E-state index in [1.54, 1.807) is 9.58 Å². The molecule has 1 aliphatic heterocycles. The Hall–Kier alpha value is -2.73. The molecule has 0 atom stereocenters. The van der Waals surface area contributed by atoms with Crippen molar-refractivity contribution in [1.82, 2.24) is 14.7 Å². The van der Waals surface area contributed by atoms with Crippen LogP contribution in [0.1, 0.15) is 41.8 Å². The second-order valence-electron chi connectivity index (χ2n) is 7.14. The molecule has 0 saturated carbocycles. The minimum atomic E-state index is -0.132. The molecule has 0 bridgehead atoms. The van der Waals surface area contributed by atoms with Gasteiger partial charge in [-0.3, -0.25) is 14.3 Å². The lowest BCUT2D eigenvalue weighted by atomic mass is 9.99. The fourth-order valence-electron chi connectivity index (χ4n) is 4.14. The maximum atomic E-state index is 12.9. The van der Waals surface area contributed by atoms with E-state index in [1.807, 2.05) is 37.4 Å². The third-order valence-corrected chi connectivity index (χ3v) is 5.58. The number of aryl methyl sites for hydroxylation is 1. The number of Topliss-reactive ketones (excluding diaryl/α,β-unsaturated/α-hetero) is 1. The highest BCUT2D eigenvalue weighted by Crippen LogP contribution is 2.34. The first-order chi connectivity index (χ1) is 13.1. The number of carbonyl (C=O) groups excluding carboxylic acids is 2. The van der Waals surface area contributed by atoms with Crippen molar-refractivity contribution in [2.75, 3.05) is 6.54 Å². The molecule has 1 aromatic carbocycles. The third-order valence-electron chi connectivity index (χ3n) is 5.58. The highest BCUT2D eigenvalue weighted by Gasteiger charge is 2.30. The van der Waals surface area contributed by atoms with Crippen LogP contribution in [0.3, 0.4) is 0 Å². The molecule has 6 nitrogen and oxygen atoms in total. The molecule has 0 spiro atoms. The molecule has 2 aliphatic rings. The lowest BCUT2D eigenvalue weighted by molar-refractivity contribution is -0.132. The van der Waals surface area contributed by atoms with E-state index < -0.39 is 0 Å². The molecule has 0 saturated heterocycles. The van der Waals surface area contributed by atoms with E-state index >= 15 is 0 Å². The van der Waals surface area contributed by atoms with Gasteiger partial charge in [-0.2, -0.15) is 5.10 Å². The fourth-order valence-corrected chi connectivity index (χ4v) is 4.14. The summed E-state index contributed by atoms with van der Waals surface area (Å²) in [5.74, 6) is 0.0457. The molecule has 4 rings (SSSR count). The predicted octanol–water partition coefficient (Wildman–Crippen LogP) is 2.00. The average Bonchev–Trinajstić information content (AvgIpc) is 3.22. The number of rotatable bonds is 4. The summed E-state index contributed by atoms with van der Waals surface area (Å²) >= 11 is 0. The Morgan fingerprint density at radius 1 is 1.19 bits per heavy atom. The summed E-state index contributed by atoms with van der Waals surface area (Å²) in [4.78, 5) is 27.1. The van der Waals surface area contributed by atoms with E-state index in [9.17, 15) is 14.7 Å². The molecule has 1 aromatic heterocycles. The largest absolute Gasteiger partial charge is 0.390 e. The number of aliphatic hydroxyl groups is 1. The summed E-state index contributed by atoms with van der Waals surface area (Å²) in [5.41, 5.74) is 5.33. The van der Waals surface area contributed by atoms with Crippen LogP contribution in [-0.2, 0) is 36.2 Å². The molecule has 27 heavy (non-hydrogen) atoms. The fraction of sp³-hybridized carbons (Fsp3) is 0.381. The number of aromatic nitrogens is 2. The number of amides is 1. The summed E-state index contributed by atoms with van der Waals surface area (Å²) in [6.45, 7) is 0.922. The SMILES string of the molecule is Cn1nc(CO)c2c1CCN(C(=O)CC1=C(c3ccccc3)CCC1=O)C2. The van der Waals surface area contributed by atoms with Crippen LogP contribution in [-0.4, -0.2) is 38.0 Å². The zero-order chi connectivity index (χ0) is 19.0. The van der Waals surface area contributed by atoms with Gasteiger partial charge in [-0.05, 0) is 17.6 Å². The minimum absolute atomic E-state index is 0.0351. The standard InChI is InChI=1S/C21H23N3O3/c1-23-19-9-10-24(12-17(19)18(13-25)22-23)21(27)11-16-15(7-8-20(16)26)14-5-3-2-4-6-14/h2-6,25H,7-13H2,1H3. The number of hydrogen-bond acceptors (Lipinski definition) is 4. The number of fused-ring (bicyclic) bond motifs is 1.